The molecule has 172 valence electrons. The normalized spacial score (nSPS) is 15.9. The van der Waals surface area contributed by atoms with Crippen molar-refractivity contribution in [2.75, 3.05) is 5.32 Å². The number of pyridine rings is 1. The smallest absolute Gasteiger partial charge is 0.261 e. The maximum absolute atomic E-state index is 14.0. The van der Waals surface area contributed by atoms with Gasteiger partial charge in [0, 0.05) is 43.3 Å². The van der Waals surface area contributed by atoms with Gasteiger partial charge < -0.3 is 15.7 Å². The van der Waals surface area contributed by atoms with Gasteiger partial charge in [0.05, 0.1) is 11.8 Å². The van der Waals surface area contributed by atoms with Gasteiger partial charge in [-0.3, -0.25) is 9.78 Å². The van der Waals surface area contributed by atoms with Crippen LogP contribution in [0, 0.1) is 17.0 Å². The SMILES string of the molecule is N=Cc1c(NC2CCC(F)(F)CC2)nc(Cc2cc(F)ccc2-c2cncc(F)c2)[nH]c1=O. The van der Waals surface area contributed by atoms with Crippen molar-refractivity contribution in [1.29, 1.82) is 5.41 Å². The second-order valence-corrected chi connectivity index (χ2v) is 8.06. The van der Waals surface area contributed by atoms with Gasteiger partial charge in [0.1, 0.15) is 23.3 Å². The highest BCUT2D eigenvalue weighted by atomic mass is 19.3. The highest BCUT2D eigenvalue weighted by Crippen LogP contribution is 2.34. The molecule has 3 N–H and O–H groups in total. The Balaban J connectivity index is 1.66. The molecule has 6 nitrogen and oxygen atoms in total. The zero-order chi connectivity index (χ0) is 23.6. The van der Waals surface area contributed by atoms with Gasteiger partial charge in [-0.25, -0.2) is 22.5 Å². The summed E-state index contributed by atoms with van der Waals surface area (Å²) in [6, 6.07) is 4.95. The summed E-state index contributed by atoms with van der Waals surface area (Å²) in [5.74, 6) is -3.46. The molecule has 0 spiro atoms. The van der Waals surface area contributed by atoms with Crippen LogP contribution in [-0.2, 0) is 6.42 Å². The average molecular weight is 459 g/mol. The summed E-state index contributed by atoms with van der Waals surface area (Å²) in [5.41, 5.74) is 0.793. The number of aromatic amines is 1. The monoisotopic (exact) mass is 459 g/mol. The Kier molecular flexibility index (Phi) is 6.26. The molecule has 2 aromatic heterocycles. The van der Waals surface area contributed by atoms with Crippen molar-refractivity contribution in [3.63, 3.8) is 0 Å². The molecule has 0 unspecified atom stereocenters. The van der Waals surface area contributed by atoms with E-state index in [0.717, 1.165) is 12.4 Å². The summed E-state index contributed by atoms with van der Waals surface area (Å²) in [6.45, 7) is 0. The number of nitrogens with one attached hydrogen (secondary N) is 3. The first-order valence-corrected chi connectivity index (χ1v) is 10.4. The number of hydrogen-bond donors (Lipinski definition) is 3. The van der Waals surface area contributed by atoms with Gasteiger partial charge in [-0.2, -0.15) is 0 Å². The lowest BCUT2D eigenvalue weighted by atomic mass is 9.92. The van der Waals surface area contributed by atoms with E-state index >= 15 is 0 Å². The van der Waals surface area contributed by atoms with E-state index in [0.29, 0.717) is 16.7 Å². The van der Waals surface area contributed by atoms with Crippen molar-refractivity contribution in [1.82, 2.24) is 15.0 Å². The average Bonchev–Trinajstić information content (AvgIpc) is 2.75. The van der Waals surface area contributed by atoms with E-state index in [4.69, 9.17) is 5.41 Å². The lowest BCUT2D eigenvalue weighted by Crippen LogP contribution is -2.33. The van der Waals surface area contributed by atoms with Crippen molar-refractivity contribution < 1.29 is 17.6 Å². The van der Waals surface area contributed by atoms with Crippen molar-refractivity contribution >= 4 is 12.0 Å². The van der Waals surface area contributed by atoms with E-state index in [2.05, 4.69) is 20.3 Å². The highest BCUT2D eigenvalue weighted by molar-refractivity contribution is 5.83. The molecular weight excluding hydrogens is 438 g/mol. The van der Waals surface area contributed by atoms with Crippen molar-refractivity contribution in [3.8, 4) is 11.1 Å². The summed E-state index contributed by atoms with van der Waals surface area (Å²) in [6.07, 6.45) is 3.23. The third-order valence-electron chi connectivity index (χ3n) is 5.65. The van der Waals surface area contributed by atoms with Gasteiger partial charge >= 0.3 is 0 Å². The second-order valence-electron chi connectivity index (χ2n) is 8.06. The standard InChI is InChI=1S/C23H21F4N5O/c24-15-1-2-18(14-8-16(25)12-29-11-14)13(7-15)9-20-31-21(19(10-28)22(33)32-20)30-17-3-5-23(26,27)6-4-17/h1-2,7-8,10-12,17,28H,3-6,9H2,(H2,30,31,32,33). The molecule has 0 amide bonds. The topological polar surface area (TPSA) is 94.5 Å². The Morgan fingerprint density at radius 2 is 1.91 bits per heavy atom. The number of halogens is 4. The number of rotatable bonds is 6. The zero-order valence-corrected chi connectivity index (χ0v) is 17.5. The molecule has 3 aromatic rings. The molecule has 1 aliphatic carbocycles. The maximum atomic E-state index is 14.0. The maximum Gasteiger partial charge on any atom is 0.261 e. The molecular formula is C23H21F4N5O. The van der Waals surface area contributed by atoms with Crippen LogP contribution in [0.1, 0.15) is 42.6 Å². The fourth-order valence-electron chi connectivity index (χ4n) is 3.96. The Hall–Kier alpha value is -3.56. The first-order valence-electron chi connectivity index (χ1n) is 10.4. The highest BCUT2D eigenvalue weighted by Gasteiger charge is 2.35. The molecule has 1 aliphatic rings. The zero-order valence-electron chi connectivity index (χ0n) is 17.5. The van der Waals surface area contributed by atoms with Crippen LogP contribution in [-0.4, -0.2) is 33.1 Å². The molecule has 1 saturated carbocycles. The fraction of sp³-hybridized carbons (Fsp3) is 0.304. The third kappa shape index (κ3) is 5.27. The minimum Gasteiger partial charge on any atom is -0.367 e. The van der Waals surface area contributed by atoms with Gasteiger partial charge in [0.25, 0.3) is 5.56 Å². The molecule has 1 fully saturated rings. The Morgan fingerprint density at radius 1 is 1.15 bits per heavy atom. The van der Waals surface area contributed by atoms with E-state index in [1.807, 2.05) is 0 Å². The summed E-state index contributed by atoms with van der Waals surface area (Å²) in [5, 5.41) is 10.6. The van der Waals surface area contributed by atoms with Crippen LogP contribution in [0.4, 0.5) is 23.4 Å². The third-order valence-corrected chi connectivity index (χ3v) is 5.65. The predicted octanol–water partition coefficient (Wildman–Crippen LogP) is 4.69. The van der Waals surface area contributed by atoms with Crippen LogP contribution in [0.25, 0.3) is 11.1 Å². The number of alkyl halides is 2. The molecule has 0 radical (unpaired) electrons. The minimum atomic E-state index is -2.70. The van der Waals surface area contributed by atoms with Crippen LogP contribution in [0.15, 0.2) is 41.5 Å². The molecule has 10 heteroatoms. The molecule has 33 heavy (non-hydrogen) atoms. The number of aromatic nitrogens is 3. The molecule has 0 saturated heterocycles. The Morgan fingerprint density at radius 3 is 2.61 bits per heavy atom. The molecule has 2 heterocycles. The summed E-state index contributed by atoms with van der Waals surface area (Å²) in [7, 11) is 0. The van der Waals surface area contributed by atoms with Gasteiger partial charge in [0.15, 0.2) is 0 Å². The van der Waals surface area contributed by atoms with Crippen LogP contribution in [0.5, 0.6) is 0 Å². The Labute approximate surface area is 186 Å². The summed E-state index contributed by atoms with van der Waals surface area (Å²) in [4.78, 5) is 23.4. The minimum absolute atomic E-state index is 0.00848. The molecule has 0 atom stereocenters. The van der Waals surface area contributed by atoms with Crippen molar-refractivity contribution in [2.45, 2.75) is 44.1 Å². The van der Waals surface area contributed by atoms with Crippen LogP contribution < -0.4 is 10.9 Å². The van der Waals surface area contributed by atoms with Gasteiger partial charge in [-0.05, 0) is 42.2 Å². The fourth-order valence-corrected chi connectivity index (χ4v) is 3.96. The van der Waals surface area contributed by atoms with Gasteiger partial charge in [-0.1, -0.05) is 6.07 Å². The van der Waals surface area contributed by atoms with Crippen molar-refractivity contribution in [3.05, 3.63) is 75.6 Å². The van der Waals surface area contributed by atoms with Crippen LogP contribution >= 0.6 is 0 Å². The first kappa shape index (κ1) is 22.6. The van der Waals surface area contributed by atoms with Crippen molar-refractivity contribution in [2.24, 2.45) is 0 Å². The van der Waals surface area contributed by atoms with Gasteiger partial charge in [-0.15, -0.1) is 0 Å². The largest absolute Gasteiger partial charge is 0.367 e. The number of nitrogens with zero attached hydrogens (tertiary/aromatic N) is 2. The molecule has 1 aromatic carbocycles. The predicted molar refractivity (Wildman–Crippen MR) is 116 cm³/mol. The van der Waals surface area contributed by atoms with Gasteiger partial charge in [0.2, 0.25) is 5.92 Å². The van der Waals surface area contributed by atoms with E-state index in [1.165, 1.54) is 30.5 Å². The lowest BCUT2D eigenvalue weighted by molar-refractivity contribution is -0.0361. The van der Waals surface area contributed by atoms with Crippen LogP contribution in [0.3, 0.4) is 0 Å². The second kappa shape index (κ2) is 9.13. The van der Waals surface area contributed by atoms with Crippen LogP contribution in [0.2, 0.25) is 0 Å². The number of anilines is 1. The summed E-state index contributed by atoms with van der Waals surface area (Å²) < 4.78 is 54.6. The first-order chi connectivity index (χ1) is 15.7. The molecule has 0 bridgehead atoms. The number of benzene rings is 1. The van der Waals surface area contributed by atoms with E-state index in [1.54, 1.807) is 0 Å². The number of H-pyrrole nitrogens is 1. The molecule has 4 rings (SSSR count). The van der Waals surface area contributed by atoms with E-state index < -0.39 is 23.1 Å². The Bertz CT molecular complexity index is 1230. The quantitative estimate of drug-likeness (QED) is 0.368. The lowest BCUT2D eigenvalue weighted by Gasteiger charge is -2.29. The summed E-state index contributed by atoms with van der Waals surface area (Å²) >= 11 is 0. The number of hydrogen-bond acceptors (Lipinski definition) is 5. The van der Waals surface area contributed by atoms with E-state index in [9.17, 15) is 22.4 Å². The molecule has 0 aliphatic heterocycles. The van der Waals surface area contributed by atoms with E-state index in [-0.39, 0.29) is 55.4 Å².